The van der Waals surface area contributed by atoms with Gasteiger partial charge in [-0.15, -0.1) is 0 Å². The van der Waals surface area contributed by atoms with Crippen molar-refractivity contribution in [3.05, 3.63) is 29.8 Å². The maximum Gasteiger partial charge on any atom is 0.141 e. The standard InChI is InChI=1S/C12H17FN2/c1-2-3-15-12-5-9(6-12)10-4-11(13)8-14-7-10/h4,7-9,12,15H,2-3,5-6H2,1H3. The van der Waals surface area contributed by atoms with Gasteiger partial charge in [-0.3, -0.25) is 4.98 Å². The molecule has 15 heavy (non-hydrogen) atoms. The zero-order valence-electron chi connectivity index (χ0n) is 9.04. The Kier molecular flexibility index (Phi) is 3.31. The number of hydrogen-bond acceptors (Lipinski definition) is 2. The molecule has 0 aromatic carbocycles. The van der Waals surface area contributed by atoms with Crippen LogP contribution in [0.1, 0.15) is 37.7 Å². The average molecular weight is 208 g/mol. The predicted octanol–water partition coefficient (Wildman–Crippen LogP) is 2.47. The fourth-order valence-electron chi connectivity index (χ4n) is 2.06. The third-order valence-corrected chi connectivity index (χ3v) is 3.02. The Balaban J connectivity index is 1.84. The molecule has 0 saturated heterocycles. The number of nitrogens with zero attached hydrogens (tertiary/aromatic N) is 1. The van der Waals surface area contributed by atoms with Gasteiger partial charge in [0.15, 0.2) is 0 Å². The fraction of sp³-hybridized carbons (Fsp3) is 0.583. The molecule has 1 aromatic rings. The van der Waals surface area contributed by atoms with Crippen molar-refractivity contribution >= 4 is 0 Å². The van der Waals surface area contributed by atoms with Gasteiger partial charge in [-0.2, -0.15) is 0 Å². The molecule has 3 heteroatoms. The van der Waals surface area contributed by atoms with E-state index in [1.165, 1.54) is 12.6 Å². The smallest absolute Gasteiger partial charge is 0.141 e. The van der Waals surface area contributed by atoms with Crippen molar-refractivity contribution in [3.63, 3.8) is 0 Å². The highest BCUT2D eigenvalue weighted by atomic mass is 19.1. The summed E-state index contributed by atoms with van der Waals surface area (Å²) in [4.78, 5) is 3.88. The van der Waals surface area contributed by atoms with E-state index >= 15 is 0 Å². The summed E-state index contributed by atoms with van der Waals surface area (Å²) in [5, 5.41) is 3.47. The minimum absolute atomic E-state index is 0.225. The molecule has 1 aliphatic rings. The van der Waals surface area contributed by atoms with E-state index in [2.05, 4.69) is 17.2 Å². The van der Waals surface area contributed by atoms with Crippen LogP contribution in [0, 0.1) is 5.82 Å². The Morgan fingerprint density at radius 2 is 2.27 bits per heavy atom. The summed E-state index contributed by atoms with van der Waals surface area (Å²) in [6, 6.07) is 2.23. The van der Waals surface area contributed by atoms with Crippen LogP contribution in [0.5, 0.6) is 0 Å². The van der Waals surface area contributed by atoms with Crippen molar-refractivity contribution < 1.29 is 4.39 Å². The molecule has 2 nitrogen and oxygen atoms in total. The van der Waals surface area contributed by atoms with Gasteiger partial charge in [-0.05, 0) is 43.4 Å². The van der Waals surface area contributed by atoms with Gasteiger partial charge in [0.2, 0.25) is 0 Å². The topological polar surface area (TPSA) is 24.9 Å². The van der Waals surface area contributed by atoms with E-state index in [0.29, 0.717) is 12.0 Å². The highest BCUT2D eigenvalue weighted by Crippen LogP contribution is 2.36. The highest BCUT2D eigenvalue weighted by Gasteiger charge is 2.29. The fourth-order valence-corrected chi connectivity index (χ4v) is 2.06. The molecule has 1 N–H and O–H groups in total. The second-order valence-corrected chi connectivity index (χ2v) is 4.26. The van der Waals surface area contributed by atoms with Crippen LogP contribution in [0.4, 0.5) is 4.39 Å². The van der Waals surface area contributed by atoms with Gasteiger partial charge >= 0.3 is 0 Å². The lowest BCUT2D eigenvalue weighted by Crippen LogP contribution is -2.40. The molecule has 82 valence electrons. The van der Waals surface area contributed by atoms with Gasteiger partial charge in [-0.25, -0.2) is 4.39 Å². The molecule has 0 unspecified atom stereocenters. The first-order chi connectivity index (χ1) is 7.29. The largest absolute Gasteiger partial charge is 0.314 e. The molecule has 0 bridgehead atoms. The first-order valence-electron chi connectivity index (χ1n) is 5.63. The minimum Gasteiger partial charge on any atom is -0.314 e. The lowest BCUT2D eigenvalue weighted by molar-refractivity contribution is 0.291. The zero-order chi connectivity index (χ0) is 10.7. The van der Waals surface area contributed by atoms with E-state index < -0.39 is 0 Å². The quantitative estimate of drug-likeness (QED) is 0.822. The van der Waals surface area contributed by atoms with E-state index in [1.807, 2.05) is 0 Å². The summed E-state index contributed by atoms with van der Waals surface area (Å²) in [7, 11) is 0. The van der Waals surface area contributed by atoms with E-state index in [4.69, 9.17) is 0 Å². The first-order valence-corrected chi connectivity index (χ1v) is 5.63. The number of halogens is 1. The number of aromatic nitrogens is 1. The maximum atomic E-state index is 12.9. The second-order valence-electron chi connectivity index (χ2n) is 4.26. The molecule has 0 spiro atoms. The average Bonchev–Trinajstić information content (AvgIpc) is 2.16. The highest BCUT2D eigenvalue weighted by molar-refractivity contribution is 5.19. The van der Waals surface area contributed by atoms with Gasteiger partial charge < -0.3 is 5.32 Å². The Hall–Kier alpha value is -0.960. The maximum absolute atomic E-state index is 12.9. The van der Waals surface area contributed by atoms with Crippen LogP contribution in [-0.2, 0) is 0 Å². The molecule has 1 saturated carbocycles. The Bertz CT molecular complexity index is 321. The van der Waals surface area contributed by atoms with Crippen LogP contribution in [0.3, 0.4) is 0 Å². The summed E-state index contributed by atoms with van der Waals surface area (Å²) >= 11 is 0. The normalized spacial score (nSPS) is 24.9. The number of pyridine rings is 1. The van der Waals surface area contributed by atoms with Gasteiger partial charge in [0.25, 0.3) is 0 Å². The molecule has 1 fully saturated rings. The van der Waals surface area contributed by atoms with Crippen LogP contribution >= 0.6 is 0 Å². The third-order valence-electron chi connectivity index (χ3n) is 3.02. The number of rotatable bonds is 4. The van der Waals surface area contributed by atoms with Crippen molar-refractivity contribution in [1.29, 1.82) is 0 Å². The molecule has 0 aliphatic heterocycles. The van der Waals surface area contributed by atoms with Crippen molar-refractivity contribution in [2.75, 3.05) is 6.54 Å². The van der Waals surface area contributed by atoms with Crippen LogP contribution in [0.2, 0.25) is 0 Å². The number of hydrogen-bond donors (Lipinski definition) is 1. The summed E-state index contributed by atoms with van der Waals surface area (Å²) < 4.78 is 12.9. The molecule has 2 rings (SSSR count). The van der Waals surface area contributed by atoms with Gasteiger partial charge in [0.1, 0.15) is 5.82 Å². The van der Waals surface area contributed by atoms with Crippen molar-refractivity contribution in [1.82, 2.24) is 10.3 Å². The van der Waals surface area contributed by atoms with E-state index in [1.54, 1.807) is 12.3 Å². The SMILES string of the molecule is CCCNC1CC(c2cncc(F)c2)C1. The van der Waals surface area contributed by atoms with Crippen molar-refractivity contribution in [3.8, 4) is 0 Å². The predicted molar refractivity (Wildman–Crippen MR) is 58.3 cm³/mol. The van der Waals surface area contributed by atoms with Crippen molar-refractivity contribution in [2.45, 2.75) is 38.1 Å². The molecule has 1 heterocycles. The first kappa shape index (κ1) is 10.6. The summed E-state index contributed by atoms with van der Waals surface area (Å²) in [6.07, 6.45) is 6.44. The lowest BCUT2D eigenvalue weighted by Gasteiger charge is -2.36. The van der Waals surface area contributed by atoms with Crippen LogP contribution in [0.25, 0.3) is 0 Å². The van der Waals surface area contributed by atoms with E-state index in [9.17, 15) is 4.39 Å². The molecule has 0 atom stereocenters. The van der Waals surface area contributed by atoms with Gasteiger partial charge in [0, 0.05) is 12.2 Å². The minimum atomic E-state index is -0.225. The van der Waals surface area contributed by atoms with Gasteiger partial charge in [0.05, 0.1) is 6.20 Å². The molecule has 1 aromatic heterocycles. The van der Waals surface area contributed by atoms with Crippen LogP contribution < -0.4 is 5.32 Å². The molecular formula is C12H17FN2. The summed E-state index contributed by atoms with van der Waals surface area (Å²) in [5.74, 6) is 0.278. The van der Waals surface area contributed by atoms with Crippen LogP contribution in [-0.4, -0.2) is 17.6 Å². The third kappa shape index (κ3) is 2.53. The molecule has 0 amide bonds. The van der Waals surface area contributed by atoms with Gasteiger partial charge in [-0.1, -0.05) is 6.92 Å². The Labute approximate surface area is 89.9 Å². The molecule has 1 aliphatic carbocycles. The van der Waals surface area contributed by atoms with E-state index in [-0.39, 0.29) is 5.82 Å². The van der Waals surface area contributed by atoms with Crippen LogP contribution in [0.15, 0.2) is 18.5 Å². The molecule has 0 radical (unpaired) electrons. The summed E-state index contributed by atoms with van der Waals surface area (Å²) in [6.45, 7) is 3.25. The Morgan fingerprint density at radius 1 is 1.47 bits per heavy atom. The van der Waals surface area contributed by atoms with E-state index in [0.717, 1.165) is 24.9 Å². The summed E-state index contributed by atoms with van der Waals surface area (Å²) in [5.41, 5.74) is 1.05. The Morgan fingerprint density at radius 3 is 2.93 bits per heavy atom. The monoisotopic (exact) mass is 208 g/mol. The number of nitrogens with one attached hydrogen (secondary N) is 1. The molecular weight excluding hydrogens is 191 g/mol. The second kappa shape index (κ2) is 4.71. The van der Waals surface area contributed by atoms with Crippen molar-refractivity contribution in [2.24, 2.45) is 0 Å². The lowest BCUT2D eigenvalue weighted by atomic mass is 9.76. The zero-order valence-corrected chi connectivity index (χ0v) is 9.04.